The van der Waals surface area contributed by atoms with Gasteiger partial charge in [0.15, 0.2) is 0 Å². The van der Waals surface area contributed by atoms with E-state index in [0.29, 0.717) is 6.54 Å². The van der Waals surface area contributed by atoms with Crippen molar-refractivity contribution in [2.24, 2.45) is 0 Å². The molecule has 0 radical (unpaired) electrons. The zero-order chi connectivity index (χ0) is 9.80. The minimum Gasteiger partial charge on any atom is -0.292 e. The van der Waals surface area contributed by atoms with E-state index in [0.717, 1.165) is 19.5 Å². The van der Waals surface area contributed by atoms with Crippen molar-refractivity contribution in [1.82, 2.24) is 4.90 Å². The molecule has 0 unspecified atom stereocenters. The van der Waals surface area contributed by atoms with Gasteiger partial charge in [-0.2, -0.15) is 0 Å². The lowest BCUT2D eigenvalue weighted by Crippen LogP contribution is -2.28. The van der Waals surface area contributed by atoms with Crippen molar-refractivity contribution in [1.29, 1.82) is 0 Å². The highest BCUT2D eigenvalue weighted by Crippen LogP contribution is 2.13. The van der Waals surface area contributed by atoms with Crippen LogP contribution in [-0.2, 0) is 6.54 Å². The molecule has 0 fully saturated rings. The lowest BCUT2D eigenvalue weighted by molar-refractivity contribution is 0.259. The van der Waals surface area contributed by atoms with E-state index in [1.54, 1.807) is 6.08 Å². The van der Waals surface area contributed by atoms with Crippen molar-refractivity contribution >= 4 is 0 Å². The fraction of sp³-hybridized carbons (Fsp3) is 0.333. The van der Waals surface area contributed by atoms with Gasteiger partial charge in [0.25, 0.3) is 0 Å². The largest absolute Gasteiger partial charge is 0.292 e. The Balaban J connectivity index is 1.96. The van der Waals surface area contributed by atoms with E-state index in [-0.39, 0.29) is 5.83 Å². The zero-order valence-corrected chi connectivity index (χ0v) is 8.12. The fourth-order valence-corrected chi connectivity index (χ4v) is 1.74. The average Bonchev–Trinajstić information content (AvgIpc) is 2.19. The van der Waals surface area contributed by atoms with E-state index in [1.165, 1.54) is 5.56 Å². The minimum atomic E-state index is 0.00665. The van der Waals surface area contributed by atoms with Crippen molar-refractivity contribution in [3.63, 3.8) is 0 Å². The predicted molar refractivity (Wildman–Crippen MR) is 55.5 cm³/mol. The van der Waals surface area contributed by atoms with Crippen LogP contribution in [0.5, 0.6) is 0 Å². The topological polar surface area (TPSA) is 3.24 Å². The van der Waals surface area contributed by atoms with Gasteiger partial charge in [-0.25, -0.2) is 4.39 Å². The van der Waals surface area contributed by atoms with Gasteiger partial charge in [-0.1, -0.05) is 36.4 Å². The minimum absolute atomic E-state index is 0.00665. The van der Waals surface area contributed by atoms with Crippen LogP contribution in [0.25, 0.3) is 0 Å². The molecule has 0 aliphatic carbocycles. The molecule has 74 valence electrons. The van der Waals surface area contributed by atoms with E-state index >= 15 is 0 Å². The first kappa shape index (κ1) is 9.41. The maximum absolute atomic E-state index is 13.0. The highest BCUT2D eigenvalue weighted by molar-refractivity contribution is 5.15. The van der Waals surface area contributed by atoms with E-state index < -0.39 is 0 Å². The maximum Gasteiger partial charge on any atom is 0.110 e. The van der Waals surface area contributed by atoms with Gasteiger partial charge in [0, 0.05) is 13.1 Å². The normalized spacial score (nSPS) is 17.9. The third-order valence-electron chi connectivity index (χ3n) is 2.43. The summed E-state index contributed by atoms with van der Waals surface area (Å²) in [7, 11) is 0. The molecule has 2 heteroatoms. The Morgan fingerprint density at radius 3 is 2.71 bits per heavy atom. The van der Waals surface area contributed by atoms with E-state index in [1.807, 2.05) is 18.2 Å². The third-order valence-corrected chi connectivity index (χ3v) is 2.43. The quantitative estimate of drug-likeness (QED) is 0.694. The molecule has 1 aliphatic heterocycles. The summed E-state index contributed by atoms with van der Waals surface area (Å²) in [6, 6.07) is 10.2. The summed E-state index contributed by atoms with van der Waals surface area (Å²) >= 11 is 0. The molecule has 1 aromatic rings. The lowest BCUT2D eigenvalue weighted by Gasteiger charge is -2.24. The first-order valence-electron chi connectivity index (χ1n) is 4.95. The van der Waals surface area contributed by atoms with Gasteiger partial charge in [-0.3, -0.25) is 4.90 Å². The average molecular weight is 191 g/mol. The molecule has 0 saturated heterocycles. The number of halogens is 1. The molecule has 2 rings (SSSR count). The van der Waals surface area contributed by atoms with E-state index in [9.17, 15) is 4.39 Å². The van der Waals surface area contributed by atoms with Crippen molar-refractivity contribution < 1.29 is 4.39 Å². The molecular weight excluding hydrogens is 177 g/mol. The first-order valence-corrected chi connectivity index (χ1v) is 4.95. The Kier molecular flexibility index (Phi) is 2.94. The summed E-state index contributed by atoms with van der Waals surface area (Å²) in [5, 5.41) is 0. The Labute approximate surface area is 83.9 Å². The Bertz CT molecular complexity index is 318. The monoisotopic (exact) mass is 191 g/mol. The Hall–Kier alpha value is -1.15. The molecule has 0 N–H and O–H groups in total. The van der Waals surface area contributed by atoms with Crippen LogP contribution in [0.1, 0.15) is 12.0 Å². The zero-order valence-electron chi connectivity index (χ0n) is 8.12. The van der Waals surface area contributed by atoms with Crippen LogP contribution < -0.4 is 0 Å². The molecule has 0 spiro atoms. The summed E-state index contributed by atoms with van der Waals surface area (Å²) < 4.78 is 13.0. The molecule has 14 heavy (non-hydrogen) atoms. The predicted octanol–water partition coefficient (Wildman–Crippen LogP) is 2.75. The maximum atomic E-state index is 13.0. The number of rotatable bonds is 2. The van der Waals surface area contributed by atoms with Gasteiger partial charge in [-0.15, -0.1) is 0 Å². The standard InChI is InChI=1S/C12H14FN/c13-12-7-4-8-14(10-12)9-11-5-2-1-3-6-11/h1-3,5-7H,4,8-10H2. The molecule has 1 aliphatic rings. The summed E-state index contributed by atoms with van der Waals surface area (Å²) in [5.74, 6) is 0.00665. The SMILES string of the molecule is FC1=CCCN(Cc2ccccc2)C1. The van der Waals surface area contributed by atoms with Crippen LogP contribution in [0, 0.1) is 0 Å². The molecular formula is C12H14FN. The Morgan fingerprint density at radius 2 is 2.00 bits per heavy atom. The molecule has 0 amide bonds. The fourth-order valence-electron chi connectivity index (χ4n) is 1.74. The molecule has 0 atom stereocenters. The second-order valence-corrected chi connectivity index (χ2v) is 3.64. The highest BCUT2D eigenvalue weighted by atomic mass is 19.1. The summed E-state index contributed by atoms with van der Waals surface area (Å²) in [4.78, 5) is 2.13. The van der Waals surface area contributed by atoms with Gasteiger partial charge in [0.05, 0.1) is 6.54 Å². The summed E-state index contributed by atoms with van der Waals surface area (Å²) in [5.41, 5.74) is 1.25. The Morgan fingerprint density at radius 1 is 1.21 bits per heavy atom. The van der Waals surface area contributed by atoms with Crippen molar-refractivity contribution in [3.05, 3.63) is 47.8 Å². The molecule has 1 aromatic carbocycles. The van der Waals surface area contributed by atoms with Crippen LogP contribution >= 0.6 is 0 Å². The van der Waals surface area contributed by atoms with Crippen molar-refractivity contribution in [2.75, 3.05) is 13.1 Å². The van der Waals surface area contributed by atoms with Gasteiger partial charge in [-0.05, 0) is 12.0 Å². The van der Waals surface area contributed by atoms with Crippen LogP contribution in [0.3, 0.4) is 0 Å². The number of nitrogens with zero attached hydrogens (tertiary/aromatic N) is 1. The van der Waals surface area contributed by atoms with E-state index in [2.05, 4.69) is 17.0 Å². The van der Waals surface area contributed by atoms with Crippen LogP contribution in [0.15, 0.2) is 42.2 Å². The number of benzene rings is 1. The van der Waals surface area contributed by atoms with Crippen molar-refractivity contribution in [3.8, 4) is 0 Å². The van der Waals surface area contributed by atoms with Crippen LogP contribution in [0.2, 0.25) is 0 Å². The second kappa shape index (κ2) is 4.38. The first-order chi connectivity index (χ1) is 6.84. The van der Waals surface area contributed by atoms with Crippen molar-refractivity contribution in [2.45, 2.75) is 13.0 Å². The molecule has 1 nitrogen and oxygen atoms in total. The third kappa shape index (κ3) is 2.42. The van der Waals surface area contributed by atoms with Crippen LogP contribution in [-0.4, -0.2) is 18.0 Å². The molecule has 0 saturated carbocycles. The summed E-state index contributed by atoms with van der Waals surface area (Å²) in [6.07, 6.45) is 2.51. The smallest absolute Gasteiger partial charge is 0.110 e. The van der Waals surface area contributed by atoms with E-state index in [4.69, 9.17) is 0 Å². The molecule has 0 bridgehead atoms. The van der Waals surface area contributed by atoms with Gasteiger partial charge < -0.3 is 0 Å². The number of hydrogen-bond donors (Lipinski definition) is 0. The number of hydrogen-bond acceptors (Lipinski definition) is 1. The lowest BCUT2D eigenvalue weighted by atomic mass is 10.2. The van der Waals surface area contributed by atoms with Crippen LogP contribution in [0.4, 0.5) is 4.39 Å². The summed E-state index contributed by atoms with van der Waals surface area (Å²) in [6.45, 7) is 2.28. The van der Waals surface area contributed by atoms with Gasteiger partial charge in [0.2, 0.25) is 0 Å². The van der Waals surface area contributed by atoms with Gasteiger partial charge in [0.1, 0.15) is 5.83 Å². The molecule has 1 heterocycles. The highest BCUT2D eigenvalue weighted by Gasteiger charge is 2.11. The van der Waals surface area contributed by atoms with Gasteiger partial charge >= 0.3 is 0 Å². The molecule has 0 aromatic heterocycles. The second-order valence-electron chi connectivity index (χ2n) is 3.64.